The van der Waals surface area contributed by atoms with Crippen LogP contribution in [0, 0.1) is 0 Å². The minimum atomic E-state index is -1.08. The van der Waals surface area contributed by atoms with Gasteiger partial charge in [-0.05, 0) is 42.0 Å². The average Bonchev–Trinajstić information content (AvgIpc) is 3.59. The maximum atomic E-state index is 9.64. The first-order valence-corrected chi connectivity index (χ1v) is 13.0. The van der Waals surface area contributed by atoms with E-state index in [0.717, 1.165) is 76.2 Å². The lowest BCUT2D eigenvalue weighted by Gasteiger charge is -2.36. The van der Waals surface area contributed by atoms with Crippen LogP contribution in [0.5, 0.6) is 11.5 Å². The van der Waals surface area contributed by atoms with Gasteiger partial charge in [-0.25, -0.2) is 9.97 Å². The standard InChI is InChI=1S/C23H21N5O3S.C4H6O4/c32-23(24-12-15-5-6-18-19(11-15)30-14-29-18)28-9-7-27(8-10-28)22-21-20(25-13-26-22)16-3-1-2-4-17(16)31-21;5-3(6)1-2-4(7)8/h1-6,11,13H,7-10,12,14H2,(H,24,32);1-2H2,(H,5,6)(H,7,8). The van der Waals surface area contributed by atoms with Crippen molar-refractivity contribution >= 4 is 57.2 Å². The highest BCUT2D eigenvalue weighted by Gasteiger charge is 2.24. The number of furan rings is 1. The molecule has 0 bridgehead atoms. The molecule has 1 fully saturated rings. The van der Waals surface area contributed by atoms with Crippen LogP contribution in [0.15, 0.2) is 53.2 Å². The summed E-state index contributed by atoms with van der Waals surface area (Å²) in [5.41, 5.74) is 3.53. The second-order valence-corrected chi connectivity index (χ2v) is 9.47. The number of carboxylic acids is 2. The maximum Gasteiger partial charge on any atom is 0.303 e. The van der Waals surface area contributed by atoms with Gasteiger partial charge in [-0.3, -0.25) is 9.59 Å². The van der Waals surface area contributed by atoms with E-state index >= 15 is 0 Å². The molecule has 2 aliphatic rings. The van der Waals surface area contributed by atoms with Crippen molar-refractivity contribution in [3.63, 3.8) is 0 Å². The Bertz CT molecular complexity index is 1540. The molecule has 4 aromatic rings. The molecule has 40 heavy (non-hydrogen) atoms. The average molecular weight is 566 g/mol. The van der Waals surface area contributed by atoms with Gasteiger partial charge in [0.25, 0.3) is 0 Å². The summed E-state index contributed by atoms with van der Waals surface area (Å²) >= 11 is 5.64. The van der Waals surface area contributed by atoms with Gasteiger partial charge in [0.05, 0.1) is 12.8 Å². The molecule has 0 saturated carbocycles. The van der Waals surface area contributed by atoms with Crippen LogP contribution in [0.2, 0.25) is 0 Å². The quantitative estimate of drug-likeness (QED) is 0.294. The predicted molar refractivity (Wildman–Crippen MR) is 150 cm³/mol. The lowest BCUT2D eigenvalue weighted by molar-refractivity contribution is -0.143. The predicted octanol–water partition coefficient (Wildman–Crippen LogP) is 3.24. The van der Waals surface area contributed by atoms with E-state index in [2.05, 4.69) is 25.1 Å². The van der Waals surface area contributed by atoms with E-state index in [0.29, 0.717) is 6.54 Å². The molecule has 2 aromatic heterocycles. The number of piperazine rings is 1. The van der Waals surface area contributed by atoms with Crippen LogP contribution in [0.1, 0.15) is 18.4 Å². The molecule has 0 radical (unpaired) electrons. The molecule has 0 atom stereocenters. The molecule has 13 heteroatoms. The van der Waals surface area contributed by atoms with Crippen LogP contribution in [0.4, 0.5) is 5.82 Å². The third-order valence-electron chi connectivity index (χ3n) is 6.44. The highest BCUT2D eigenvalue weighted by Crippen LogP contribution is 2.33. The van der Waals surface area contributed by atoms with Crippen LogP contribution in [-0.4, -0.2) is 75.1 Å². The number of hydrogen-bond acceptors (Lipinski definition) is 9. The molecule has 0 aliphatic carbocycles. The van der Waals surface area contributed by atoms with E-state index in [1.807, 2.05) is 42.5 Å². The number of carbonyl (C=O) groups is 2. The summed E-state index contributed by atoms with van der Waals surface area (Å²) in [7, 11) is 0. The SMILES string of the molecule is O=C(O)CCC(=O)O.S=C(NCc1ccc2c(c1)OCO2)N1CCN(c2ncnc3c2oc2ccccc23)CC1. The van der Waals surface area contributed by atoms with Gasteiger partial charge >= 0.3 is 11.9 Å². The molecule has 208 valence electrons. The molecule has 12 nitrogen and oxygen atoms in total. The number of rotatable bonds is 6. The number of thiocarbonyl (C=S) groups is 1. The van der Waals surface area contributed by atoms with Gasteiger partial charge in [0.15, 0.2) is 28.0 Å². The van der Waals surface area contributed by atoms with Gasteiger partial charge in [-0.2, -0.15) is 0 Å². The topological polar surface area (TPSA) is 150 Å². The highest BCUT2D eigenvalue weighted by atomic mass is 32.1. The highest BCUT2D eigenvalue weighted by molar-refractivity contribution is 7.80. The van der Waals surface area contributed by atoms with Gasteiger partial charge in [-0.15, -0.1) is 0 Å². The Labute approximate surface area is 234 Å². The molecule has 3 N–H and O–H groups in total. The van der Waals surface area contributed by atoms with Crippen LogP contribution >= 0.6 is 12.2 Å². The van der Waals surface area contributed by atoms with Crippen molar-refractivity contribution < 1.29 is 33.7 Å². The Morgan fingerprint density at radius 2 is 1.68 bits per heavy atom. The monoisotopic (exact) mass is 565 g/mol. The molecule has 0 spiro atoms. The van der Waals surface area contributed by atoms with Crippen molar-refractivity contribution in [2.75, 3.05) is 37.9 Å². The molecular formula is C27H27N5O7S. The van der Waals surface area contributed by atoms with Gasteiger partial charge < -0.3 is 39.2 Å². The summed E-state index contributed by atoms with van der Waals surface area (Å²) in [6.07, 6.45) is 1.02. The number of carboxylic acid groups (broad SMARTS) is 2. The number of hydrogen-bond donors (Lipinski definition) is 3. The summed E-state index contributed by atoms with van der Waals surface area (Å²) in [5.74, 6) is 0.256. The lowest BCUT2D eigenvalue weighted by atomic mass is 10.2. The fraction of sp³-hybridized carbons (Fsp3) is 0.296. The van der Waals surface area contributed by atoms with Crippen LogP contribution in [0.3, 0.4) is 0 Å². The van der Waals surface area contributed by atoms with Crippen LogP contribution in [-0.2, 0) is 16.1 Å². The second kappa shape index (κ2) is 12.0. The number of nitrogens with one attached hydrogen (secondary N) is 1. The van der Waals surface area contributed by atoms with E-state index in [9.17, 15) is 9.59 Å². The number of aromatic nitrogens is 2. The fourth-order valence-electron chi connectivity index (χ4n) is 4.41. The second-order valence-electron chi connectivity index (χ2n) is 9.08. The van der Waals surface area contributed by atoms with E-state index in [-0.39, 0.29) is 19.6 Å². The number of ether oxygens (including phenoxy) is 2. The van der Waals surface area contributed by atoms with Gasteiger partial charge in [-0.1, -0.05) is 18.2 Å². The van der Waals surface area contributed by atoms with Crippen LogP contribution < -0.4 is 19.7 Å². The zero-order chi connectivity index (χ0) is 28.1. The summed E-state index contributed by atoms with van der Waals surface area (Å²) in [6.45, 7) is 4.13. The van der Waals surface area contributed by atoms with E-state index < -0.39 is 11.9 Å². The largest absolute Gasteiger partial charge is 0.481 e. The van der Waals surface area contributed by atoms with Gasteiger partial charge in [0, 0.05) is 38.1 Å². The zero-order valence-electron chi connectivity index (χ0n) is 21.4. The minimum Gasteiger partial charge on any atom is -0.481 e. The lowest BCUT2D eigenvalue weighted by Crippen LogP contribution is -2.51. The van der Waals surface area contributed by atoms with Crippen LogP contribution in [0.25, 0.3) is 22.1 Å². The van der Waals surface area contributed by atoms with Crippen molar-refractivity contribution in [1.82, 2.24) is 20.2 Å². The first kappa shape index (κ1) is 26.9. The molecule has 2 aliphatic heterocycles. The fourth-order valence-corrected chi connectivity index (χ4v) is 4.67. The summed E-state index contributed by atoms with van der Waals surface area (Å²) in [5, 5.41) is 20.9. The third kappa shape index (κ3) is 6.15. The number of nitrogens with zero attached hydrogens (tertiary/aromatic N) is 4. The van der Waals surface area contributed by atoms with Gasteiger partial charge in [0.1, 0.15) is 17.4 Å². The van der Waals surface area contributed by atoms with Crippen molar-refractivity contribution in [1.29, 1.82) is 0 Å². The first-order valence-electron chi connectivity index (χ1n) is 12.6. The number of anilines is 1. The Hall–Kier alpha value is -4.65. The molecule has 1 saturated heterocycles. The zero-order valence-corrected chi connectivity index (χ0v) is 22.2. The molecule has 6 rings (SSSR count). The van der Waals surface area contributed by atoms with E-state index in [1.54, 1.807) is 6.33 Å². The van der Waals surface area contributed by atoms with Gasteiger partial charge in [0.2, 0.25) is 6.79 Å². The minimum absolute atomic E-state index is 0.279. The summed E-state index contributed by atoms with van der Waals surface area (Å²) < 4.78 is 16.9. The molecule has 4 heterocycles. The van der Waals surface area contributed by atoms with Crippen molar-refractivity contribution in [2.24, 2.45) is 0 Å². The number of aliphatic carboxylic acids is 2. The molecular weight excluding hydrogens is 538 g/mol. The Morgan fingerprint density at radius 1 is 0.950 bits per heavy atom. The number of para-hydroxylation sites is 1. The Balaban J connectivity index is 0.000000355. The van der Waals surface area contributed by atoms with E-state index in [1.165, 1.54) is 0 Å². The summed E-state index contributed by atoms with van der Waals surface area (Å²) in [4.78, 5) is 32.7. The van der Waals surface area contributed by atoms with Crippen molar-refractivity contribution in [2.45, 2.75) is 19.4 Å². The first-order chi connectivity index (χ1) is 19.4. The normalized spacial score (nSPS) is 14.1. The molecule has 2 aromatic carbocycles. The third-order valence-corrected chi connectivity index (χ3v) is 6.84. The number of benzene rings is 2. The Morgan fingerprint density at radius 3 is 2.42 bits per heavy atom. The van der Waals surface area contributed by atoms with E-state index in [4.69, 9.17) is 36.3 Å². The number of fused-ring (bicyclic) bond motifs is 4. The smallest absolute Gasteiger partial charge is 0.303 e. The molecule has 0 amide bonds. The summed E-state index contributed by atoms with van der Waals surface area (Å²) in [6, 6.07) is 13.9. The van der Waals surface area contributed by atoms with Crippen molar-refractivity contribution in [3.8, 4) is 11.5 Å². The Kier molecular flexibility index (Phi) is 8.10. The maximum absolute atomic E-state index is 9.64. The van der Waals surface area contributed by atoms with Crippen molar-refractivity contribution in [3.05, 3.63) is 54.4 Å². The molecule has 0 unspecified atom stereocenters.